The number of hydrogen-bond acceptors (Lipinski definition) is 12. The first-order valence-electron chi connectivity index (χ1n) is 8.74. The number of likely N-dealkylation sites (tertiary alicyclic amines) is 1. The molecule has 0 spiro atoms. The molecule has 14 nitrogen and oxygen atoms in total. The maximum absolute atomic E-state index is 12.5. The van der Waals surface area contributed by atoms with Gasteiger partial charge in [0.1, 0.15) is 23.8 Å². The maximum Gasteiger partial charge on any atom is 0.339 e. The zero-order valence-electron chi connectivity index (χ0n) is 16.9. The first-order valence-corrected chi connectivity index (χ1v) is 11.9. The number of carbonyl (C=O) groups excluding carboxylic acids is 3. The molecule has 1 aliphatic rings. The van der Waals surface area contributed by atoms with Crippen molar-refractivity contribution in [3.05, 3.63) is 22.3 Å². The van der Waals surface area contributed by atoms with Crippen molar-refractivity contribution in [2.45, 2.75) is 19.9 Å². The quantitative estimate of drug-likeness (QED) is 0.220. The van der Waals surface area contributed by atoms with E-state index in [1.54, 1.807) is 18.6 Å². The van der Waals surface area contributed by atoms with E-state index in [0.717, 1.165) is 22.9 Å². The van der Waals surface area contributed by atoms with Crippen molar-refractivity contribution >= 4 is 66.8 Å². The molecule has 1 saturated heterocycles. The minimum atomic E-state index is -4.30. The Balaban J connectivity index is 1.58. The van der Waals surface area contributed by atoms with E-state index >= 15 is 0 Å². The fourth-order valence-electron chi connectivity index (χ4n) is 2.46. The molecule has 3 heterocycles. The minimum absolute atomic E-state index is 0.152. The number of nitrogens with zero attached hydrogens (tertiary/aromatic N) is 4. The summed E-state index contributed by atoms with van der Waals surface area (Å²) in [6.07, 6.45) is 0. The van der Waals surface area contributed by atoms with Crippen LogP contribution in [0.4, 0.5) is 14.9 Å². The third-order valence-corrected chi connectivity index (χ3v) is 6.92. The Hall–Kier alpha value is -3.31. The molecule has 4 amide bonds. The number of oxime groups is 1. The zero-order chi connectivity index (χ0) is 23.6. The number of hydrogen-bond donors (Lipinski definition) is 4. The highest BCUT2D eigenvalue weighted by molar-refractivity contribution is 7.91. The van der Waals surface area contributed by atoms with Gasteiger partial charge in [0.15, 0.2) is 10.8 Å². The fraction of sp³-hybridized carbons (Fsp3) is 0.333. The lowest BCUT2D eigenvalue weighted by atomic mass is 10.1. The van der Waals surface area contributed by atoms with Crippen LogP contribution in [0.15, 0.2) is 10.5 Å². The summed E-state index contributed by atoms with van der Waals surface area (Å²) in [5, 5.41) is 7.92. The molecule has 172 valence electrons. The normalized spacial score (nSPS) is 16.3. The van der Waals surface area contributed by atoms with Crippen molar-refractivity contribution in [2.75, 3.05) is 24.1 Å². The number of aryl methyl sites for hydroxylation is 1. The van der Waals surface area contributed by atoms with E-state index in [1.165, 1.54) is 12.5 Å². The Morgan fingerprint density at radius 3 is 2.62 bits per heavy atom. The highest BCUT2D eigenvalue weighted by atomic mass is 32.2. The number of nitrogens with one attached hydrogen (secondary N) is 3. The van der Waals surface area contributed by atoms with Gasteiger partial charge in [-0.3, -0.25) is 19.2 Å². The number of anilines is 2. The van der Waals surface area contributed by atoms with E-state index in [0.29, 0.717) is 16.2 Å². The second-order valence-corrected chi connectivity index (χ2v) is 9.48. The highest BCUT2D eigenvalue weighted by Gasteiger charge is 2.43. The number of nitrogen functional groups attached to an aromatic ring is 1. The molecule has 0 aliphatic carbocycles. The van der Waals surface area contributed by atoms with Gasteiger partial charge in [-0.05, 0) is 25.4 Å². The summed E-state index contributed by atoms with van der Waals surface area (Å²) in [6.45, 7) is 3.14. The lowest BCUT2D eigenvalue weighted by Crippen LogP contribution is -2.68. The smallest absolute Gasteiger partial charge is 0.339 e. The first kappa shape index (κ1) is 23.4. The van der Waals surface area contributed by atoms with Gasteiger partial charge in [-0.25, -0.2) is 14.5 Å². The van der Waals surface area contributed by atoms with Crippen LogP contribution in [0.3, 0.4) is 0 Å². The van der Waals surface area contributed by atoms with Crippen molar-refractivity contribution in [1.29, 1.82) is 0 Å². The van der Waals surface area contributed by atoms with Gasteiger partial charge in [0.05, 0.1) is 12.2 Å². The summed E-state index contributed by atoms with van der Waals surface area (Å²) in [5.41, 5.74) is 6.75. The van der Waals surface area contributed by atoms with Crippen LogP contribution in [0, 0.1) is 13.8 Å². The van der Waals surface area contributed by atoms with Crippen molar-refractivity contribution in [3.63, 3.8) is 0 Å². The molecule has 0 aromatic carbocycles. The van der Waals surface area contributed by atoms with E-state index in [-0.39, 0.29) is 28.1 Å². The molecule has 17 heteroatoms. The molecule has 5 N–H and O–H groups in total. The predicted octanol–water partition coefficient (Wildman–Crippen LogP) is -0.457. The molecule has 0 radical (unpaired) electrons. The van der Waals surface area contributed by atoms with Crippen LogP contribution in [0.5, 0.6) is 0 Å². The lowest BCUT2D eigenvalue weighted by Gasteiger charge is -2.36. The Morgan fingerprint density at radius 1 is 1.38 bits per heavy atom. The molecule has 1 aliphatic heterocycles. The average Bonchev–Trinajstić information content (AvgIpc) is 3.28. The van der Waals surface area contributed by atoms with Gasteiger partial charge in [0.25, 0.3) is 11.8 Å². The van der Waals surface area contributed by atoms with E-state index in [1.807, 2.05) is 0 Å². The van der Waals surface area contributed by atoms with Crippen LogP contribution in [0.25, 0.3) is 0 Å². The number of urea groups is 1. The molecule has 2 aromatic heterocycles. The minimum Gasteiger partial charge on any atom is -0.398 e. The number of imide groups is 1. The Morgan fingerprint density at radius 2 is 2.09 bits per heavy atom. The molecular formula is C15H18N8O6S3. The molecule has 2 aromatic rings. The van der Waals surface area contributed by atoms with Gasteiger partial charge in [-0.1, -0.05) is 5.16 Å². The largest absolute Gasteiger partial charge is 0.398 e. The summed E-state index contributed by atoms with van der Waals surface area (Å²) in [7, 11) is -3.07. The van der Waals surface area contributed by atoms with E-state index < -0.39 is 34.1 Å². The molecule has 1 fully saturated rings. The lowest BCUT2D eigenvalue weighted by molar-refractivity contribution is -0.141. The molecular weight excluding hydrogens is 484 g/mol. The molecule has 0 bridgehead atoms. The Bertz CT molecular complexity index is 1200. The fourth-order valence-corrected chi connectivity index (χ4v) is 4.93. The maximum atomic E-state index is 12.5. The van der Waals surface area contributed by atoms with E-state index in [9.17, 15) is 22.8 Å². The third kappa shape index (κ3) is 4.94. The van der Waals surface area contributed by atoms with Gasteiger partial charge in [0.2, 0.25) is 0 Å². The topological polar surface area (TPSA) is 198 Å². The van der Waals surface area contributed by atoms with Crippen LogP contribution in [-0.2, 0) is 24.6 Å². The summed E-state index contributed by atoms with van der Waals surface area (Å²) >= 11 is 2.00. The van der Waals surface area contributed by atoms with Gasteiger partial charge in [-0.15, -0.1) is 11.3 Å². The summed E-state index contributed by atoms with van der Waals surface area (Å²) in [6, 6.07) is -2.22. The van der Waals surface area contributed by atoms with Crippen molar-refractivity contribution in [1.82, 2.24) is 24.3 Å². The standard InChI is InChI=1S/C15H18N8O6S3/c1-6-7(2)20-31-12(6)21-32(27,28)22-15(26)23-4-8(13(23)25)17-11(24)10(19-29-3)9-5-30-14(16)18-9/h5,8,21H,4H2,1-3H3,(H2,16,18)(H,17,24)(H,22,26)/b19-10-/t8-/m0/s1. The van der Waals surface area contributed by atoms with Gasteiger partial charge >= 0.3 is 16.2 Å². The van der Waals surface area contributed by atoms with Gasteiger partial charge in [-0.2, -0.15) is 12.8 Å². The molecule has 3 rings (SSSR count). The number of rotatable bonds is 7. The number of aromatic nitrogens is 2. The second-order valence-electron chi connectivity index (χ2n) is 6.40. The number of thiazole rings is 1. The number of nitrogens with two attached hydrogens (primary N) is 1. The number of β-lactam (4-membered cyclic amide) rings is 1. The zero-order valence-corrected chi connectivity index (χ0v) is 19.4. The summed E-state index contributed by atoms with van der Waals surface area (Å²) < 4.78 is 32.3. The van der Waals surface area contributed by atoms with Crippen molar-refractivity contribution < 1.29 is 27.6 Å². The molecule has 0 unspecified atom stereocenters. The van der Waals surface area contributed by atoms with E-state index in [4.69, 9.17) is 5.73 Å². The third-order valence-electron chi connectivity index (χ3n) is 4.25. The molecule has 32 heavy (non-hydrogen) atoms. The highest BCUT2D eigenvalue weighted by Crippen LogP contribution is 2.24. The molecule has 0 saturated carbocycles. The SMILES string of the molecule is CO/N=C(\C(=O)N[C@H]1CN(C(=O)NS(=O)(=O)Nc2snc(C)c2C)C1=O)c1csc(N)n1. The average molecular weight is 503 g/mol. The summed E-state index contributed by atoms with van der Waals surface area (Å²) in [4.78, 5) is 46.2. The Kier molecular flexibility index (Phi) is 6.60. The van der Waals surface area contributed by atoms with Crippen LogP contribution in [0.1, 0.15) is 17.0 Å². The van der Waals surface area contributed by atoms with Crippen LogP contribution >= 0.6 is 22.9 Å². The van der Waals surface area contributed by atoms with Crippen molar-refractivity contribution in [2.24, 2.45) is 5.16 Å². The van der Waals surface area contributed by atoms with Crippen molar-refractivity contribution in [3.8, 4) is 0 Å². The second kappa shape index (κ2) is 9.05. The summed E-state index contributed by atoms with van der Waals surface area (Å²) in [5.74, 6) is -1.58. The monoisotopic (exact) mass is 502 g/mol. The number of amides is 4. The van der Waals surface area contributed by atoms with Crippen LogP contribution in [0.2, 0.25) is 0 Å². The Labute approximate surface area is 190 Å². The van der Waals surface area contributed by atoms with Gasteiger partial charge < -0.3 is 15.9 Å². The van der Waals surface area contributed by atoms with Crippen LogP contribution < -0.4 is 20.5 Å². The van der Waals surface area contributed by atoms with E-state index in [2.05, 4.69) is 29.4 Å². The van der Waals surface area contributed by atoms with Crippen LogP contribution in [-0.4, -0.2) is 65.9 Å². The number of carbonyl (C=O) groups is 3. The molecule has 1 atom stereocenters. The van der Waals surface area contributed by atoms with Gasteiger partial charge in [0, 0.05) is 10.9 Å². The predicted molar refractivity (Wildman–Crippen MR) is 116 cm³/mol. The first-order chi connectivity index (χ1) is 15.0.